The topological polar surface area (TPSA) is 36.7 Å². The highest BCUT2D eigenvalue weighted by Crippen LogP contribution is 2.15. The van der Waals surface area contributed by atoms with Crippen molar-refractivity contribution < 1.29 is 4.39 Å². The van der Waals surface area contributed by atoms with Crippen LogP contribution in [0.2, 0.25) is 0 Å². The van der Waals surface area contributed by atoms with Gasteiger partial charge < -0.3 is 5.41 Å². The maximum atomic E-state index is 13.1. The summed E-state index contributed by atoms with van der Waals surface area (Å²) in [6.45, 7) is 0. The molecule has 1 aromatic heterocycles. The molecule has 0 aliphatic rings. The van der Waals surface area contributed by atoms with Gasteiger partial charge in [-0.2, -0.15) is 0 Å². The molecule has 0 radical (unpaired) electrons. The van der Waals surface area contributed by atoms with Crippen LogP contribution in [0.1, 0.15) is 5.56 Å². The van der Waals surface area contributed by atoms with Gasteiger partial charge in [-0.15, -0.1) is 0 Å². The number of hydrogen-bond donors (Lipinski definition) is 1. The number of halogens is 1. The zero-order valence-corrected chi connectivity index (χ0v) is 6.79. The largest absolute Gasteiger partial charge is 0.308 e. The Hall–Kier alpha value is -1.77. The summed E-state index contributed by atoms with van der Waals surface area (Å²) < 4.78 is 13.1. The van der Waals surface area contributed by atoms with E-state index >= 15 is 0 Å². The molecular formula is C10H7FN2. The van der Waals surface area contributed by atoms with E-state index in [-0.39, 0.29) is 0 Å². The van der Waals surface area contributed by atoms with E-state index in [0.29, 0.717) is 11.1 Å². The predicted molar refractivity (Wildman–Crippen MR) is 49.6 cm³/mol. The van der Waals surface area contributed by atoms with E-state index in [0.717, 1.165) is 11.6 Å². The van der Waals surface area contributed by atoms with Crippen LogP contribution in [0.5, 0.6) is 0 Å². The molecule has 0 spiro atoms. The number of nitrogens with zero attached hydrogens (tertiary/aromatic N) is 1. The van der Waals surface area contributed by atoms with Gasteiger partial charge in [0.05, 0.1) is 5.52 Å². The quantitative estimate of drug-likeness (QED) is 0.662. The Kier molecular flexibility index (Phi) is 1.77. The molecule has 0 atom stereocenters. The van der Waals surface area contributed by atoms with E-state index in [2.05, 4.69) is 4.98 Å². The fraction of sp³-hybridized carbons (Fsp3) is 0. The minimum absolute atomic E-state index is 0.292. The Bertz CT molecular complexity index is 465. The Balaban J connectivity index is 2.81. The number of aromatic nitrogens is 1. The van der Waals surface area contributed by atoms with Crippen molar-refractivity contribution in [3.63, 3.8) is 0 Å². The summed E-state index contributed by atoms with van der Waals surface area (Å²) in [5.74, 6) is -0.402. The summed E-state index contributed by atoms with van der Waals surface area (Å²) in [6.07, 6.45) is 2.62. The number of fused-ring (bicyclic) bond motifs is 1. The first-order valence-electron chi connectivity index (χ1n) is 3.86. The van der Waals surface area contributed by atoms with Crippen molar-refractivity contribution in [3.05, 3.63) is 41.8 Å². The van der Waals surface area contributed by atoms with Gasteiger partial charge in [0.1, 0.15) is 5.82 Å². The molecule has 0 saturated heterocycles. The van der Waals surface area contributed by atoms with E-state index in [4.69, 9.17) is 5.41 Å². The van der Waals surface area contributed by atoms with Crippen LogP contribution in [0.15, 0.2) is 30.5 Å². The van der Waals surface area contributed by atoms with Gasteiger partial charge in [0, 0.05) is 29.4 Å². The maximum Gasteiger partial charge on any atom is 0.134 e. The number of hydrogen-bond acceptors (Lipinski definition) is 2. The van der Waals surface area contributed by atoms with Crippen LogP contribution in [0.25, 0.3) is 10.9 Å². The predicted octanol–water partition coefficient (Wildman–Crippen LogP) is 2.37. The van der Waals surface area contributed by atoms with Gasteiger partial charge in [0.2, 0.25) is 0 Å². The van der Waals surface area contributed by atoms with Crippen LogP contribution in [0.3, 0.4) is 0 Å². The summed E-state index contributed by atoms with van der Waals surface area (Å²) in [6, 6.07) is 6.59. The molecule has 0 unspecified atom stereocenters. The summed E-state index contributed by atoms with van der Waals surface area (Å²) in [5.41, 5.74) is 0.908. The molecule has 0 aliphatic heterocycles. The number of pyridine rings is 1. The second-order valence-corrected chi connectivity index (χ2v) is 2.71. The van der Waals surface area contributed by atoms with Gasteiger partial charge in [0.15, 0.2) is 0 Å². The first-order valence-corrected chi connectivity index (χ1v) is 3.86. The van der Waals surface area contributed by atoms with Crippen molar-refractivity contribution in [2.24, 2.45) is 0 Å². The van der Waals surface area contributed by atoms with Crippen LogP contribution in [0, 0.1) is 11.2 Å². The zero-order valence-electron chi connectivity index (χ0n) is 6.79. The van der Waals surface area contributed by atoms with Gasteiger partial charge in [0.25, 0.3) is 0 Å². The lowest BCUT2D eigenvalue weighted by Crippen LogP contribution is -1.88. The average molecular weight is 174 g/mol. The van der Waals surface area contributed by atoms with Crippen molar-refractivity contribution in [2.45, 2.75) is 0 Å². The molecule has 13 heavy (non-hydrogen) atoms. The van der Waals surface area contributed by atoms with Crippen LogP contribution in [0.4, 0.5) is 4.39 Å². The molecule has 0 bridgehead atoms. The van der Waals surface area contributed by atoms with Gasteiger partial charge in [-0.1, -0.05) is 6.07 Å². The second kappa shape index (κ2) is 2.94. The third-order valence-corrected chi connectivity index (χ3v) is 1.88. The second-order valence-electron chi connectivity index (χ2n) is 2.71. The molecule has 2 nitrogen and oxygen atoms in total. The standard InChI is InChI=1S/C10H7FN2/c11-9-5-10-7(2-1-3-13-10)4-8(9)6-12/h1-6,12H. The number of nitrogens with one attached hydrogen (secondary N) is 1. The zero-order chi connectivity index (χ0) is 9.26. The van der Waals surface area contributed by atoms with Gasteiger partial charge in [-0.3, -0.25) is 4.98 Å². The third kappa shape index (κ3) is 1.28. The molecule has 2 aromatic rings. The first kappa shape index (κ1) is 7.86. The molecule has 1 N–H and O–H groups in total. The Morgan fingerprint density at radius 3 is 3.00 bits per heavy atom. The fourth-order valence-electron chi connectivity index (χ4n) is 1.22. The summed E-state index contributed by atoms with van der Waals surface area (Å²) >= 11 is 0. The summed E-state index contributed by atoms with van der Waals surface area (Å²) in [5, 5.41) is 7.82. The van der Waals surface area contributed by atoms with Gasteiger partial charge in [-0.25, -0.2) is 4.39 Å². The van der Waals surface area contributed by atoms with Crippen molar-refractivity contribution in [3.8, 4) is 0 Å². The molecular weight excluding hydrogens is 167 g/mol. The highest BCUT2D eigenvalue weighted by atomic mass is 19.1. The third-order valence-electron chi connectivity index (χ3n) is 1.88. The van der Waals surface area contributed by atoms with Crippen molar-refractivity contribution in [1.29, 1.82) is 5.41 Å². The minimum Gasteiger partial charge on any atom is -0.308 e. The van der Waals surface area contributed by atoms with E-state index in [9.17, 15) is 4.39 Å². The molecule has 64 valence electrons. The summed E-state index contributed by atoms with van der Waals surface area (Å²) in [7, 11) is 0. The Morgan fingerprint density at radius 1 is 1.38 bits per heavy atom. The van der Waals surface area contributed by atoms with Crippen molar-refractivity contribution in [2.75, 3.05) is 0 Å². The smallest absolute Gasteiger partial charge is 0.134 e. The lowest BCUT2D eigenvalue weighted by molar-refractivity contribution is 0.627. The van der Waals surface area contributed by atoms with Crippen molar-refractivity contribution in [1.82, 2.24) is 4.98 Å². The number of benzene rings is 1. The average Bonchev–Trinajstić information content (AvgIpc) is 2.17. The molecule has 3 heteroatoms. The molecule has 0 amide bonds. The molecule has 0 fully saturated rings. The summed E-state index contributed by atoms with van der Waals surface area (Å²) in [4.78, 5) is 4.00. The van der Waals surface area contributed by atoms with E-state index in [1.54, 1.807) is 18.3 Å². The van der Waals surface area contributed by atoms with Crippen molar-refractivity contribution >= 4 is 17.1 Å². The minimum atomic E-state index is -0.402. The molecule has 0 saturated carbocycles. The lowest BCUT2D eigenvalue weighted by Gasteiger charge is -1.99. The van der Waals surface area contributed by atoms with Crippen LogP contribution in [-0.4, -0.2) is 11.2 Å². The maximum absolute atomic E-state index is 13.1. The highest BCUT2D eigenvalue weighted by Gasteiger charge is 2.01. The van der Waals surface area contributed by atoms with E-state index in [1.807, 2.05) is 6.07 Å². The van der Waals surface area contributed by atoms with Crippen LogP contribution >= 0.6 is 0 Å². The molecule has 1 aromatic carbocycles. The monoisotopic (exact) mass is 174 g/mol. The lowest BCUT2D eigenvalue weighted by atomic mass is 10.1. The van der Waals surface area contributed by atoms with Crippen LogP contribution in [-0.2, 0) is 0 Å². The first-order chi connectivity index (χ1) is 6.31. The van der Waals surface area contributed by atoms with Gasteiger partial charge in [-0.05, 0) is 12.1 Å². The highest BCUT2D eigenvalue weighted by molar-refractivity contribution is 5.87. The molecule has 1 heterocycles. The Labute approximate surface area is 74.5 Å². The SMILES string of the molecule is N=Cc1cc2cccnc2cc1F. The van der Waals surface area contributed by atoms with E-state index in [1.165, 1.54) is 6.07 Å². The van der Waals surface area contributed by atoms with E-state index < -0.39 is 5.82 Å². The van der Waals surface area contributed by atoms with Gasteiger partial charge >= 0.3 is 0 Å². The molecule has 2 rings (SSSR count). The fourth-order valence-corrected chi connectivity index (χ4v) is 1.22. The normalized spacial score (nSPS) is 10.2. The van der Waals surface area contributed by atoms with Crippen LogP contribution < -0.4 is 0 Å². The molecule has 0 aliphatic carbocycles. The Morgan fingerprint density at radius 2 is 2.23 bits per heavy atom. The number of rotatable bonds is 1.